The molecule has 1 aliphatic carbocycles. The molecule has 3 heteroatoms. The van der Waals surface area contributed by atoms with Gasteiger partial charge in [-0.15, -0.1) is 0 Å². The van der Waals surface area contributed by atoms with Gasteiger partial charge in [0.2, 0.25) is 0 Å². The minimum atomic E-state index is 0.840. The van der Waals surface area contributed by atoms with Crippen LogP contribution in [-0.4, -0.2) is 13.7 Å². The van der Waals surface area contributed by atoms with Crippen LogP contribution in [0.3, 0.4) is 0 Å². The van der Waals surface area contributed by atoms with Gasteiger partial charge in [0.1, 0.15) is 5.75 Å². The minimum Gasteiger partial charge on any atom is -0.496 e. The average Bonchev–Trinajstić information content (AvgIpc) is 2.41. The molecule has 1 N–H and O–H groups in total. The number of hydrogen-bond acceptors (Lipinski definition) is 2. The number of methoxy groups -OCH3 is 1. The smallest absolute Gasteiger partial charge is 0.123 e. The Hall–Kier alpha value is -0.540. The molecular formula is C16H24BrNO. The summed E-state index contributed by atoms with van der Waals surface area (Å²) in [5.41, 5.74) is 1.22. The summed E-state index contributed by atoms with van der Waals surface area (Å²) in [6, 6.07) is 6.17. The Morgan fingerprint density at radius 1 is 1.32 bits per heavy atom. The van der Waals surface area contributed by atoms with Gasteiger partial charge >= 0.3 is 0 Å². The molecule has 1 saturated carbocycles. The van der Waals surface area contributed by atoms with Crippen molar-refractivity contribution in [2.45, 2.75) is 39.2 Å². The number of rotatable bonds is 5. The van der Waals surface area contributed by atoms with Crippen LogP contribution in [0.2, 0.25) is 0 Å². The van der Waals surface area contributed by atoms with E-state index in [1.807, 2.05) is 12.1 Å². The predicted octanol–water partition coefficient (Wildman–Crippen LogP) is 4.37. The van der Waals surface area contributed by atoms with Crippen molar-refractivity contribution in [3.05, 3.63) is 28.2 Å². The first-order chi connectivity index (χ1) is 9.20. The van der Waals surface area contributed by atoms with Crippen molar-refractivity contribution in [1.29, 1.82) is 0 Å². The highest BCUT2D eigenvalue weighted by molar-refractivity contribution is 9.10. The van der Waals surface area contributed by atoms with Gasteiger partial charge in [-0.2, -0.15) is 0 Å². The van der Waals surface area contributed by atoms with E-state index in [4.69, 9.17) is 4.74 Å². The molecule has 2 nitrogen and oxygen atoms in total. The molecule has 1 fully saturated rings. The van der Waals surface area contributed by atoms with Crippen LogP contribution in [0.15, 0.2) is 22.7 Å². The Kier molecular flexibility index (Phi) is 5.71. The van der Waals surface area contributed by atoms with Crippen LogP contribution < -0.4 is 10.1 Å². The summed E-state index contributed by atoms with van der Waals surface area (Å²) in [5.74, 6) is 2.67. The third-order valence-corrected chi connectivity index (χ3v) is 4.75. The van der Waals surface area contributed by atoms with E-state index in [2.05, 4.69) is 34.2 Å². The number of ether oxygens (including phenoxy) is 1. The van der Waals surface area contributed by atoms with Gasteiger partial charge in [0.25, 0.3) is 0 Å². The number of nitrogens with one attached hydrogen (secondary N) is 1. The number of hydrogen-bond donors (Lipinski definition) is 1. The fraction of sp³-hybridized carbons (Fsp3) is 0.625. The van der Waals surface area contributed by atoms with E-state index >= 15 is 0 Å². The maximum Gasteiger partial charge on any atom is 0.123 e. The molecular weight excluding hydrogens is 302 g/mol. The molecule has 1 aliphatic rings. The maximum absolute atomic E-state index is 5.40. The van der Waals surface area contributed by atoms with Crippen molar-refractivity contribution in [2.75, 3.05) is 13.7 Å². The standard InChI is InChI=1S/C16H24BrNO/c1-12-5-3-4-6-13(12)10-18-11-14-9-15(17)7-8-16(14)19-2/h7-9,12-13,18H,3-6,10-11H2,1-2H3. The molecule has 0 amide bonds. The Morgan fingerprint density at radius 2 is 2.11 bits per heavy atom. The molecule has 1 aromatic carbocycles. The second-order valence-electron chi connectivity index (χ2n) is 5.61. The SMILES string of the molecule is COc1ccc(Br)cc1CNCC1CCCCC1C. The summed E-state index contributed by atoms with van der Waals surface area (Å²) in [6.45, 7) is 4.40. The third kappa shape index (κ3) is 4.22. The average molecular weight is 326 g/mol. The van der Waals surface area contributed by atoms with Gasteiger partial charge in [-0.3, -0.25) is 0 Å². The van der Waals surface area contributed by atoms with Crippen molar-refractivity contribution in [1.82, 2.24) is 5.32 Å². The van der Waals surface area contributed by atoms with Crippen molar-refractivity contribution in [2.24, 2.45) is 11.8 Å². The Balaban J connectivity index is 1.86. The van der Waals surface area contributed by atoms with E-state index in [-0.39, 0.29) is 0 Å². The molecule has 0 spiro atoms. The lowest BCUT2D eigenvalue weighted by molar-refractivity contribution is 0.247. The molecule has 0 aliphatic heterocycles. The fourth-order valence-corrected chi connectivity index (χ4v) is 3.38. The van der Waals surface area contributed by atoms with Crippen molar-refractivity contribution in [3.8, 4) is 5.75 Å². The van der Waals surface area contributed by atoms with Gasteiger partial charge in [-0.1, -0.05) is 42.1 Å². The summed E-state index contributed by atoms with van der Waals surface area (Å²) < 4.78 is 6.51. The van der Waals surface area contributed by atoms with Crippen LogP contribution >= 0.6 is 15.9 Å². The van der Waals surface area contributed by atoms with Crippen LogP contribution in [0.25, 0.3) is 0 Å². The van der Waals surface area contributed by atoms with E-state index in [9.17, 15) is 0 Å². The minimum absolute atomic E-state index is 0.840. The lowest BCUT2D eigenvalue weighted by atomic mass is 9.80. The van der Waals surface area contributed by atoms with Gasteiger partial charge in [0.15, 0.2) is 0 Å². The molecule has 0 aromatic heterocycles. The molecule has 0 heterocycles. The quantitative estimate of drug-likeness (QED) is 0.867. The normalized spacial score (nSPS) is 23.3. The first-order valence-corrected chi connectivity index (χ1v) is 8.03. The highest BCUT2D eigenvalue weighted by Crippen LogP contribution is 2.29. The molecule has 1 aromatic rings. The lowest BCUT2D eigenvalue weighted by Gasteiger charge is -2.29. The third-order valence-electron chi connectivity index (χ3n) is 4.25. The van der Waals surface area contributed by atoms with E-state index in [0.29, 0.717) is 0 Å². The van der Waals surface area contributed by atoms with Gasteiger partial charge in [-0.25, -0.2) is 0 Å². The molecule has 2 rings (SSSR count). The zero-order valence-electron chi connectivity index (χ0n) is 11.9. The molecule has 2 unspecified atom stereocenters. The Bertz CT molecular complexity index is 408. The van der Waals surface area contributed by atoms with E-state index < -0.39 is 0 Å². The molecule has 0 bridgehead atoms. The molecule has 0 saturated heterocycles. The highest BCUT2D eigenvalue weighted by Gasteiger charge is 2.20. The van der Waals surface area contributed by atoms with Gasteiger partial charge in [-0.05, 0) is 43.0 Å². The van der Waals surface area contributed by atoms with E-state index in [0.717, 1.165) is 35.1 Å². The van der Waals surface area contributed by atoms with E-state index in [1.165, 1.54) is 31.2 Å². The van der Waals surface area contributed by atoms with Crippen LogP contribution in [0, 0.1) is 11.8 Å². The first kappa shape index (κ1) is 14.9. The number of halogens is 1. The summed E-state index contributed by atoms with van der Waals surface area (Å²) in [6.07, 6.45) is 5.59. The van der Waals surface area contributed by atoms with Crippen molar-refractivity contribution >= 4 is 15.9 Å². The van der Waals surface area contributed by atoms with Gasteiger partial charge in [0, 0.05) is 16.6 Å². The Morgan fingerprint density at radius 3 is 2.84 bits per heavy atom. The predicted molar refractivity (Wildman–Crippen MR) is 83.5 cm³/mol. The number of benzene rings is 1. The van der Waals surface area contributed by atoms with Crippen LogP contribution in [0.5, 0.6) is 5.75 Å². The maximum atomic E-state index is 5.40. The van der Waals surface area contributed by atoms with E-state index in [1.54, 1.807) is 7.11 Å². The molecule has 2 atom stereocenters. The molecule has 19 heavy (non-hydrogen) atoms. The van der Waals surface area contributed by atoms with Crippen LogP contribution in [0.1, 0.15) is 38.2 Å². The monoisotopic (exact) mass is 325 g/mol. The largest absolute Gasteiger partial charge is 0.496 e. The van der Waals surface area contributed by atoms with Crippen molar-refractivity contribution < 1.29 is 4.74 Å². The Labute approximate surface area is 125 Å². The van der Waals surface area contributed by atoms with Crippen LogP contribution in [0.4, 0.5) is 0 Å². The fourth-order valence-electron chi connectivity index (χ4n) is 2.97. The summed E-state index contributed by atoms with van der Waals surface area (Å²) in [5, 5.41) is 3.60. The molecule has 106 valence electrons. The molecule has 0 radical (unpaired) electrons. The second kappa shape index (κ2) is 7.30. The summed E-state index contributed by atoms with van der Waals surface area (Å²) in [4.78, 5) is 0. The highest BCUT2D eigenvalue weighted by atomic mass is 79.9. The van der Waals surface area contributed by atoms with Crippen molar-refractivity contribution in [3.63, 3.8) is 0 Å². The van der Waals surface area contributed by atoms with Gasteiger partial charge in [0.05, 0.1) is 7.11 Å². The zero-order chi connectivity index (χ0) is 13.7. The van der Waals surface area contributed by atoms with Gasteiger partial charge < -0.3 is 10.1 Å². The van der Waals surface area contributed by atoms with Crippen LogP contribution in [-0.2, 0) is 6.54 Å². The topological polar surface area (TPSA) is 21.3 Å². The zero-order valence-corrected chi connectivity index (χ0v) is 13.5. The lowest BCUT2D eigenvalue weighted by Crippen LogP contribution is -2.29. The summed E-state index contributed by atoms with van der Waals surface area (Å²) in [7, 11) is 1.73. The first-order valence-electron chi connectivity index (χ1n) is 7.24. The summed E-state index contributed by atoms with van der Waals surface area (Å²) >= 11 is 3.52. The second-order valence-corrected chi connectivity index (χ2v) is 6.52.